The van der Waals surface area contributed by atoms with Crippen molar-refractivity contribution < 1.29 is 27.9 Å². The number of rotatable bonds is 6. The lowest BCUT2D eigenvalue weighted by atomic mass is 9.81. The van der Waals surface area contributed by atoms with Crippen LogP contribution in [0.2, 0.25) is 0 Å². The van der Waals surface area contributed by atoms with E-state index in [9.17, 15) is 28.4 Å². The fourth-order valence-corrected chi connectivity index (χ4v) is 7.95. The summed E-state index contributed by atoms with van der Waals surface area (Å²) in [7, 11) is 0.0960. The number of hydrogen-bond donors (Lipinski definition) is 1. The maximum absolute atomic E-state index is 14.9. The number of carbonyl (C=O) groups is 2. The molecule has 202 valence electrons. The third-order valence-electron chi connectivity index (χ3n) is 7.01. The maximum atomic E-state index is 14.9. The molecule has 11 nitrogen and oxygen atoms in total. The van der Waals surface area contributed by atoms with E-state index in [-0.39, 0.29) is 51.3 Å². The molecule has 13 heteroatoms. The van der Waals surface area contributed by atoms with Crippen LogP contribution in [0.15, 0.2) is 58.3 Å². The van der Waals surface area contributed by atoms with E-state index in [1.54, 1.807) is 37.7 Å². The number of fused-ring (bicyclic) bond motifs is 1. The molecule has 1 saturated heterocycles. The van der Waals surface area contributed by atoms with Gasteiger partial charge < -0.3 is 14.7 Å². The van der Waals surface area contributed by atoms with Gasteiger partial charge in [0.2, 0.25) is 11.8 Å². The standard InChI is InChI=1S/C26H25N5O6S2/c1-29(2)24(33)21-13-17(32)15-30(21)26(18-6-4-10-28-23(18)37-3)19-12-16(14-27)8-9-20(19)31(25(26)34)39(35,36)22-7-5-11-38-22/h4-12,17,21,32H,13,15H2,1-3H3/t17-,21+,26?/m1/s1. The largest absolute Gasteiger partial charge is 0.481 e. The Morgan fingerprint density at radius 1 is 1.26 bits per heavy atom. The Labute approximate surface area is 229 Å². The predicted molar refractivity (Wildman–Crippen MR) is 142 cm³/mol. The molecule has 39 heavy (non-hydrogen) atoms. The predicted octanol–water partition coefficient (Wildman–Crippen LogP) is 1.53. The van der Waals surface area contributed by atoms with Crippen LogP contribution >= 0.6 is 11.3 Å². The van der Waals surface area contributed by atoms with Gasteiger partial charge >= 0.3 is 0 Å². The number of amides is 2. The Kier molecular flexibility index (Phi) is 6.68. The SMILES string of the molecule is COc1ncccc1C1(N2C[C@H](O)C[C@H]2C(=O)N(C)C)C(=O)N(S(=O)(=O)c2cccs2)c2ccc(C#N)cc21. The van der Waals surface area contributed by atoms with Crippen LogP contribution in [0.25, 0.3) is 0 Å². The van der Waals surface area contributed by atoms with E-state index in [2.05, 4.69) is 11.1 Å². The summed E-state index contributed by atoms with van der Waals surface area (Å²) in [6.07, 6.45) is 0.486. The second kappa shape index (κ2) is 9.73. The summed E-state index contributed by atoms with van der Waals surface area (Å²) in [6, 6.07) is 11.5. The molecule has 2 aliphatic rings. The quantitative estimate of drug-likeness (QED) is 0.469. The van der Waals surface area contributed by atoms with E-state index in [0.717, 1.165) is 15.6 Å². The summed E-state index contributed by atoms with van der Waals surface area (Å²) < 4.78 is 34.1. The van der Waals surface area contributed by atoms with Crippen LogP contribution in [0.1, 0.15) is 23.1 Å². The van der Waals surface area contributed by atoms with Gasteiger partial charge in [-0.25, -0.2) is 4.98 Å². The monoisotopic (exact) mass is 567 g/mol. The fourth-order valence-electron chi connectivity index (χ4n) is 5.42. The molecule has 1 aromatic carbocycles. The van der Waals surface area contributed by atoms with Gasteiger partial charge in [-0.2, -0.15) is 18.0 Å². The summed E-state index contributed by atoms with van der Waals surface area (Å²) >= 11 is 0.961. The molecule has 0 bridgehead atoms. The molecule has 1 N–H and O–H groups in total. The van der Waals surface area contributed by atoms with E-state index >= 15 is 0 Å². The van der Waals surface area contributed by atoms with Crippen LogP contribution in [0.4, 0.5) is 5.69 Å². The zero-order valence-corrected chi connectivity index (χ0v) is 22.9. The summed E-state index contributed by atoms with van der Waals surface area (Å²) in [5.74, 6) is -1.23. The number of hydrogen-bond acceptors (Lipinski definition) is 10. The molecule has 2 amide bonds. The van der Waals surface area contributed by atoms with Crippen LogP contribution in [0, 0.1) is 11.3 Å². The highest BCUT2D eigenvalue weighted by atomic mass is 32.2. The summed E-state index contributed by atoms with van der Waals surface area (Å²) in [5.41, 5.74) is -1.40. The highest BCUT2D eigenvalue weighted by molar-refractivity contribution is 7.95. The van der Waals surface area contributed by atoms with Crippen molar-refractivity contribution in [1.29, 1.82) is 5.26 Å². The molecule has 0 radical (unpaired) electrons. The number of benzene rings is 1. The van der Waals surface area contributed by atoms with Crippen LogP contribution in [-0.4, -0.2) is 80.0 Å². The second-order valence-electron chi connectivity index (χ2n) is 9.41. The van der Waals surface area contributed by atoms with Gasteiger partial charge in [0.1, 0.15) is 4.21 Å². The van der Waals surface area contributed by atoms with E-state index in [1.165, 1.54) is 47.4 Å². The number of sulfonamides is 1. The first-order valence-electron chi connectivity index (χ1n) is 11.9. The first-order chi connectivity index (χ1) is 18.6. The van der Waals surface area contributed by atoms with Crippen LogP contribution < -0.4 is 9.04 Å². The van der Waals surface area contributed by atoms with E-state index in [1.807, 2.05) is 0 Å². The zero-order valence-electron chi connectivity index (χ0n) is 21.3. The van der Waals surface area contributed by atoms with Crippen molar-refractivity contribution >= 4 is 38.9 Å². The number of carbonyl (C=O) groups excluding carboxylic acids is 2. The maximum Gasteiger partial charge on any atom is 0.280 e. The van der Waals surface area contributed by atoms with Crippen molar-refractivity contribution in [3.63, 3.8) is 0 Å². The lowest BCUT2D eigenvalue weighted by molar-refractivity contribution is -0.138. The number of anilines is 1. The number of thiophene rings is 1. The van der Waals surface area contributed by atoms with Gasteiger partial charge in [-0.3, -0.25) is 14.5 Å². The minimum absolute atomic E-state index is 0.0135. The number of aliphatic hydroxyl groups excluding tert-OH is 1. The number of pyridine rings is 1. The highest BCUT2D eigenvalue weighted by Gasteiger charge is 2.64. The number of β-amino-alcohol motifs (C(OH)–C–C–N with tert-alkyl or cyclic N) is 1. The number of nitrogens with zero attached hydrogens (tertiary/aromatic N) is 5. The van der Waals surface area contributed by atoms with E-state index in [4.69, 9.17) is 4.74 Å². The third-order valence-corrected chi connectivity index (χ3v) is 10.1. The molecular formula is C26H25N5O6S2. The smallest absolute Gasteiger partial charge is 0.280 e. The Balaban J connectivity index is 1.90. The normalized spacial score (nSPS) is 22.9. The number of aromatic nitrogens is 1. The van der Waals surface area contributed by atoms with E-state index < -0.39 is 33.6 Å². The first kappa shape index (κ1) is 26.8. The minimum atomic E-state index is -4.40. The molecule has 2 aliphatic heterocycles. The van der Waals surface area contributed by atoms with Gasteiger partial charge in [-0.05, 0) is 48.2 Å². The Morgan fingerprint density at radius 2 is 2.03 bits per heavy atom. The van der Waals surface area contributed by atoms with Crippen molar-refractivity contribution in [2.45, 2.75) is 28.3 Å². The second-order valence-corrected chi connectivity index (χ2v) is 12.4. The number of nitriles is 1. The van der Waals surface area contributed by atoms with Crippen molar-refractivity contribution in [2.24, 2.45) is 0 Å². The number of methoxy groups -OCH3 is 1. The van der Waals surface area contributed by atoms with Crippen LogP contribution in [0.5, 0.6) is 5.88 Å². The van der Waals surface area contributed by atoms with Gasteiger partial charge in [0.15, 0.2) is 5.54 Å². The topological polar surface area (TPSA) is 144 Å². The van der Waals surface area contributed by atoms with Crippen molar-refractivity contribution in [3.05, 3.63) is 70.7 Å². The molecule has 3 atom stereocenters. The van der Waals surface area contributed by atoms with Gasteiger partial charge in [0.05, 0.1) is 36.6 Å². The first-order valence-corrected chi connectivity index (χ1v) is 14.2. The van der Waals surface area contributed by atoms with Crippen molar-refractivity contribution in [3.8, 4) is 11.9 Å². The van der Waals surface area contributed by atoms with Gasteiger partial charge in [-0.1, -0.05) is 6.07 Å². The summed E-state index contributed by atoms with van der Waals surface area (Å²) in [4.78, 5) is 35.4. The molecular weight excluding hydrogens is 542 g/mol. The molecule has 2 aromatic heterocycles. The molecule has 0 saturated carbocycles. The lowest BCUT2D eigenvalue weighted by Gasteiger charge is -2.41. The molecule has 1 unspecified atom stereocenters. The highest BCUT2D eigenvalue weighted by Crippen LogP contribution is 2.54. The van der Waals surface area contributed by atoms with Crippen molar-refractivity contribution in [2.75, 3.05) is 32.1 Å². The molecule has 0 spiro atoms. The Bertz CT molecular complexity index is 1600. The molecule has 1 fully saturated rings. The average Bonchev–Trinajstić information content (AvgIpc) is 3.65. The van der Waals surface area contributed by atoms with Gasteiger partial charge in [0.25, 0.3) is 15.9 Å². The summed E-state index contributed by atoms with van der Waals surface area (Å²) in [6.45, 7) is -0.128. The molecule has 4 heterocycles. The third kappa shape index (κ3) is 3.90. The number of likely N-dealkylation sites (N-methyl/N-ethyl adjacent to an activating group) is 1. The lowest BCUT2D eigenvalue weighted by Crippen LogP contribution is -2.59. The number of ether oxygens (including phenoxy) is 1. The average molecular weight is 568 g/mol. The van der Waals surface area contributed by atoms with Crippen LogP contribution in [0.3, 0.4) is 0 Å². The van der Waals surface area contributed by atoms with E-state index in [0.29, 0.717) is 0 Å². The molecule has 3 aromatic rings. The molecule has 5 rings (SSSR count). The number of aliphatic hydroxyl groups is 1. The number of likely N-dealkylation sites (tertiary alicyclic amines) is 1. The fraction of sp³-hybridized carbons (Fsp3) is 0.308. The Morgan fingerprint density at radius 3 is 2.67 bits per heavy atom. The van der Waals surface area contributed by atoms with Gasteiger partial charge in [-0.15, -0.1) is 11.3 Å². The van der Waals surface area contributed by atoms with Gasteiger partial charge in [0, 0.05) is 38.0 Å². The molecule has 0 aliphatic carbocycles. The summed E-state index contributed by atoms with van der Waals surface area (Å²) in [5, 5.41) is 22.2. The zero-order chi connectivity index (χ0) is 28.1. The Hall–Kier alpha value is -3.83. The van der Waals surface area contributed by atoms with Crippen LogP contribution in [-0.2, 0) is 25.2 Å². The van der Waals surface area contributed by atoms with Crippen molar-refractivity contribution in [1.82, 2.24) is 14.8 Å². The minimum Gasteiger partial charge on any atom is -0.481 e.